The molecule has 0 bridgehead atoms. The monoisotopic (exact) mass is 613 g/mol. The van der Waals surface area contributed by atoms with E-state index in [1.807, 2.05) is 4.68 Å². The molecule has 3 aromatic heterocycles. The van der Waals surface area contributed by atoms with Crippen LogP contribution in [-0.2, 0) is 0 Å². The maximum Gasteiger partial charge on any atom is 0.256 e. The van der Waals surface area contributed by atoms with Crippen LogP contribution < -0.4 is 11.1 Å². The topological polar surface area (TPSA) is 102 Å². The van der Waals surface area contributed by atoms with Crippen LogP contribution in [0.25, 0.3) is 22.2 Å². The van der Waals surface area contributed by atoms with Crippen LogP contribution >= 0.6 is 22.6 Å². The number of rotatable bonds is 4. The summed E-state index contributed by atoms with van der Waals surface area (Å²) in [4.78, 5) is 23.6. The average molecular weight is 613 g/mol. The molecule has 1 aliphatic rings. The van der Waals surface area contributed by atoms with Gasteiger partial charge in [0.1, 0.15) is 23.1 Å². The molecular weight excluding hydrogens is 584 g/mol. The van der Waals surface area contributed by atoms with E-state index in [2.05, 4.69) is 63.5 Å². The van der Waals surface area contributed by atoms with E-state index < -0.39 is 11.7 Å². The maximum absolute atomic E-state index is 15.5. The Morgan fingerprint density at radius 3 is 2.73 bits per heavy atom. The Hall–Kier alpha value is -3.12. The molecule has 0 unspecified atom stereocenters. The number of hydrogen-bond donors (Lipinski definition) is 2. The summed E-state index contributed by atoms with van der Waals surface area (Å²) in [5.74, 6) is -0.304. The van der Waals surface area contributed by atoms with Gasteiger partial charge in [0.15, 0.2) is 0 Å². The summed E-state index contributed by atoms with van der Waals surface area (Å²) in [6, 6.07) is 9.69. The average Bonchev–Trinajstić information content (AvgIpc) is 3.28. The van der Waals surface area contributed by atoms with E-state index in [4.69, 9.17) is 10.8 Å². The van der Waals surface area contributed by atoms with Gasteiger partial charge in [-0.2, -0.15) is 5.10 Å². The highest BCUT2D eigenvalue weighted by Crippen LogP contribution is 2.38. The summed E-state index contributed by atoms with van der Waals surface area (Å²) in [5.41, 5.74) is 8.13. The molecular formula is C27H29FIN7O. The lowest BCUT2D eigenvalue weighted by Crippen LogP contribution is -2.47. The highest BCUT2D eigenvalue weighted by atomic mass is 127. The van der Waals surface area contributed by atoms with Crippen LogP contribution in [0, 0.1) is 9.39 Å². The number of nitrogens with two attached hydrogens (primary N) is 1. The predicted molar refractivity (Wildman–Crippen MR) is 152 cm³/mol. The fraction of sp³-hybridized carbons (Fsp3) is 0.333. The molecule has 1 aromatic carbocycles. The number of fused-ring (bicyclic) bond motifs is 1. The number of piperidine rings is 1. The van der Waals surface area contributed by atoms with Crippen molar-refractivity contribution in [1.82, 2.24) is 24.6 Å². The van der Waals surface area contributed by atoms with Crippen molar-refractivity contribution in [2.75, 3.05) is 24.1 Å². The molecule has 8 nitrogen and oxygen atoms in total. The molecule has 192 valence electrons. The fourth-order valence-corrected chi connectivity index (χ4v) is 5.50. The van der Waals surface area contributed by atoms with Crippen molar-refractivity contribution in [3.63, 3.8) is 0 Å². The predicted octanol–water partition coefficient (Wildman–Crippen LogP) is 5.51. The van der Waals surface area contributed by atoms with Crippen molar-refractivity contribution in [3.8, 4) is 11.3 Å². The van der Waals surface area contributed by atoms with Gasteiger partial charge in [-0.1, -0.05) is 6.07 Å². The summed E-state index contributed by atoms with van der Waals surface area (Å²) in [6.45, 7) is 8.52. The molecule has 1 saturated heterocycles. The van der Waals surface area contributed by atoms with Gasteiger partial charge in [-0.15, -0.1) is 0 Å². The number of anilines is 2. The standard InChI is InChI=1S/C27H29FIN7O/c1-27(2,3)35-12-6-7-17(15-35)36-24-20(29)14-32-25(30)22(24)23(34-36)18-10-9-16(13-19(18)28)26(37)33-21-8-4-5-11-31-21/h4-5,8-11,13-14,17H,6-7,12,15H2,1-3H3,(H2,30,32)(H,31,33,37)/t17-/m1/s1. The van der Waals surface area contributed by atoms with Crippen molar-refractivity contribution >= 4 is 51.0 Å². The Morgan fingerprint density at radius 1 is 1.22 bits per heavy atom. The minimum Gasteiger partial charge on any atom is -0.383 e. The van der Waals surface area contributed by atoms with Crippen LogP contribution in [0.3, 0.4) is 0 Å². The first-order valence-corrected chi connectivity index (χ1v) is 13.3. The molecule has 3 N–H and O–H groups in total. The van der Waals surface area contributed by atoms with E-state index in [0.717, 1.165) is 35.0 Å². The van der Waals surface area contributed by atoms with Crippen molar-refractivity contribution < 1.29 is 9.18 Å². The van der Waals surface area contributed by atoms with E-state index in [1.54, 1.807) is 42.7 Å². The van der Waals surface area contributed by atoms with Gasteiger partial charge in [0.25, 0.3) is 5.91 Å². The molecule has 1 fully saturated rings. The van der Waals surface area contributed by atoms with Gasteiger partial charge in [-0.05, 0) is 93.1 Å². The van der Waals surface area contributed by atoms with Gasteiger partial charge < -0.3 is 11.1 Å². The summed E-state index contributed by atoms with van der Waals surface area (Å²) in [5, 5.41) is 8.25. The maximum atomic E-state index is 15.5. The summed E-state index contributed by atoms with van der Waals surface area (Å²) in [7, 11) is 0. The number of hydrogen-bond acceptors (Lipinski definition) is 6. The zero-order valence-corrected chi connectivity index (χ0v) is 23.2. The number of amides is 1. The molecule has 0 spiro atoms. The van der Waals surface area contributed by atoms with Crippen LogP contribution in [0.1, 0.15) is 50.0 Å². The minimum absolute atomic E-state index is 0.0377. The first-order chi connectivity index (χ1) is 17.6. The van der Waals surface area contributed by atoms with Crippen LogP contribution in [0.5, 0.6) is 0 Å². The lowest BCUT2D eigenvalue weighted by atomic mass is 9.98. The number of carbonyl (C=O) groups excluding carboxylic acids is 1. The van der Waals surface area contributed by atoms with Gasteiger partial charge in [0.05, 0.1) is 20.5 Å². The number of halogens is 2. The van der Waals surface area contributed by atoms with Crippen LogP contribution in [0.2, 0.25) is 0 Å². The van der Waals surface area contributed by atoms with Crippen LogP contribution in [0.15, 0.2) is 48.8 Å². The third-order valence-electron chi connectivity index (χ3n) is 6.79. The number of likely N-dealkylation sites (tertiary alicyclic amines) is 1. The number of aromatic nitrogens is 4. The molecule has 1 amide bonds. The van der Waals surface area contributed by atoms with E-state index in [1.165, 1.54) is 6.07 Å². The number of pyridine rings is 2. The normalized spacial score (nSPS) is 16.7. The third-order valence-corrected chi connectivity index (χ3v) is 7.58. The molecule has 0 saturated carbocycles. The molecule has 0 aliphatic carbocycles. The highest BCUT2D eigenvalue weighted by Gasteiger charge is 2.32. The largest absolute Gasteiger partial charge is 0.383 e. The van der Waals surface area contributed by atoms with E-state index in [9.17, 15) is 4.79 Å². The second-order valence-corrected chi connectivity index (χ2v) is 11.4. The van der Waals surface area contributed by atoms with Gasteiger partial charge in [0, 0.05) is 35.6 Å². The molecule has 1 aliphatic heterocycles. The highest BCUT2D eigenvalue weighted by molar-refractivity contribution is 14.1. The second-order valence-electron chi connectivity index (χ2n) is 10.3. The summed E-state index contributed by atoms with van der Waals surface area (Å²) >= 11 is 2.24. The molecule has 5 rings (SSSR count). The van der Waals surface area contributed by atoms with E-state index in [0.29, 0.717) is 22.7 Å². The Morgan fingerprint density at radius 2 is 2.03 bits per heavy atom. The van der Waals surface area contributed by atoms with Crippen molar-refractivity contribution in [2.45, 2.75) is 45.2 Å². The number of nitrogens with one attached hydrogen (secondary N) is 1. The zero-order valence-electron chi connectivity index (χ0n) is 21.0. The molecule has 4 heterocycles. The third kappa shape index (κ3) is 5.04. The number of nitrogens with zero attached hydrogens (tertiary/aromatic N) is 5. The molecule has 1 atom stereocenters. The van der Waals surface area contributed by atoms with Crippen molar-refractivity contribution in [1.29, 1.82) is 0 Å². The summed E-state index contributed by atoms with van der Waals surface area (Å²) in [6.07, 6.45) is 5.32. The fourth-order valence-electron chi connectivity index (χ4n) is 4.85. The first-order valence-electron chi connectivity index (χ1n) is 12.2. The Bertz CT molecular complexity index is 1470. The number of benzene rings is 1. The van der Waals surface area contributed by atoms with Crippen molar-refractivity contribution in [2.24, 2.45) is 0 Å². The van der Waals surface area contributed by atoms with Crippen LogP contribution in [-0.4, -0.2) is 49.2 Å². The molecule has 4 aromatic rings. The van der Waals surface area contributed by atoms with Gasteiger partial charge in [-0.3, -0.25) is 14.4 Å². The Kier molecular flexibility index (Phi) is 6.88. The van der Waals surface area contributed by atoms with E-state index in [-0.39, 0.29) is 22.7 Å². The molecule has 37 heavy (non-hydrogen) atoms. The van der Waals surface area contributed by atoms with E-state index >= 15 is 4.39 Å². The molecule has 10 heteroatoms. The van der Waals surface area contributed by atoms with Gasteiger partial charge in [-0.25, -0.2) is 14.4 Å². The Balaban J connectivity index is 1.55. The van der Waals surface area contributed by atoms with Crippen molar-refractivity contribution in [3.05, 3.63) is 63.7 Å². The number of carbonyl (C=O) groups is 1. The lowest BCUT2D eigenvalue weighted by molar-refractivity contribution is 0.0799. The first kappa shape index (κ1) is 25.5. The van der Waals surface area contributed by atoms with Gasteiger partial charge in [0.2, 0.25) is 0 Å². The molecule has 0 radical (unpaired) electrons. The minimum atomic E-state index is -0.557. The zero-order chi connectivity index (χ0) is 26.3. The second kappa shape index (κ2) is 9.97. The SMILES string of the molecule is CC(C)(C)N1CCC[C@@H](n2nc(-c3ccc(C(=O)Nc4ccccn4)cc3F)c3c(N)ncc(I)c32)C1. The number of nitrogen functional groups attached to an aromatic ring is 1. The Labute approximate surface area is 228 Å². The van der Waals surface area contributed by atoms with Crippen LogP contribution in [0.4, 0.5) is 16.0 Å². The van der Waals surface area contributed by atoms with Gasteiger partial charge >= 0.3 is 0 Å². The quantitative estimate of drug-likeness (QED) is 0.295. The summed E-state index contributed by atoms with van der Waals surface area (Å²) < 4.78 is 18.5. The lowest BCUT2D eigenvalue weighted by Gasteiger charge is -2.41. The smallest absolute Gasteiger partial charge is 0.256 e.